The molecule has 0 bridgehead atoms. The van der Waals surface area contributed by atoms with E-state index in [9.17, 15) is 8.78 Å². The van der Waals surface area contributed by atoms with Gasteiger partial charge in [-0.05, 0) is 42.4 Å². The molecule has 2 rings (SSSR count). The van der Waals surface area contributed by atoms with Crippen LogP contribution in [0.3, 0.4) is 0 Å². The van der Waals surface area contributed by atoms with E-state index in [1.165, 1.54) is 32.4 Å². The fourth-order valence-electron chi connectivity index (χ4n) is 3.21. The standard InChI is InChI=1S/C19H29F2N3O3/c1-22-18(24-13-19(7-4-8-19)9-10-25-2)23-12-14-5-6-15(26-3)16(11-14)27-17(20)21/h5-6,11,17H,4,7-10,12-13H2,1-3H3,(H2,22,23,24). The molecule has 27 heavy (non-hydrogen) atoms. The molecular weight excluding hydrogens is 356 g/mol. The molecule has 1 aliphatic carbocycles. The van der Waals surface area contributed by atoms with Gasteiger partial charge in [0.1, 0.15) is 0 Å². The highest BCUT2D eigenvalue weighted by Gasteiger charge is 2.36. The van der Waals surface area contributed by atoms with Gasteiger partial charge in [-0.3, -0.25) is 4.99 Å². The van der Waals surface area contributed by atoms with Crippen molar-refractivity contribution in [3.63, 3.8) is 0 Å². The maximum Gasteiger partial charge on any atom is 0.387 e. The molecule has 0 atom stereocenters. The number of halogens is 2. The van der Waals surface area contributed by atoms with Crippen molar-refractivity contribution in [2.75, 3.05) is 34.4 Å². The molecule has 6 nitrogen and oxygen atoms in total. The van der Waals surface area contributed by atoms with E-state index in [1.54, 1.807) is 26.3 Å². The van der Waals surface area contributed by atoms with Crippen molar-refractivity contribution in [3.8, 4) is 11.5 Å². The Balaban J connectivity index is 1.90. The van der Waals surface area contributed by atoms with Gasteiger partial charge >= 0.3 is 6.61 Å². The van der Waals surface area contributed by atoms with Gasteiger partial charge in [0, 0.05) is 33.9 Å². The predicted molar refractivity (Wildman–Crippen MR) is 101 cm³/mol. The van der Waals surface area contributed by atoms with Crippen LogP contribution < -0.4 is 20.1 Å². The number of ether oxygens (including phenoxy) is 3. The molecule has 1 aromatic rings. The summed E-state index contributed by atoms with van der Waals surface area (Å²) >= 11 is 0. The molecule has 152 valence electrons. The Hall–Kier alpha value is -2.09. The maximum absolute atomic E-state index is 12.5. The second-order valence-corrected chi connectivity index (χ2v) is 6.74. The molecule has 1 fully saturated rings. The summed E-state index contributed by atoms with van der Waals surface area (Å²) in [6.45, 7) is -0.888. The van der Waals surface area contributed by atoms with Gasteiger partial charge in [0.15, 0.2) is 17.5 Å². The van der Waals surface area contributed by atoms with E-state index in [2.05, 4.69) is 20.4 Å². The third-order valence-corrected chi connectivity index (χ3v) is 5.01. The summed E-state index contributed by atoms with van der Waals surface area (Å²) < 4.78 is 39.9. The van der Waals surface area contributed by atoms with Crippen LogP contribution in [-0.4, -0.2) is 47.0 Å². The summed E-state index contributed by atoms with van der Waals surface area (Å²) in [5, 5.41) is 6.57. The van der Waals surface area contributed by atoms with Crippen molar-refractivity contribution in [1.29, 1.82) is 0 Å². The van der Waals surface area contributed by atoms with Crippen molar-refractivity contribution in [3.05, 3.63) is 23.8 Å². The molecule has 0 unspecified atom stereocenters. The fraction of sp³-hybridized carbons (Fsp3) is 0.632. The SMILES string of the molecule is CN=C(NCc1ccc(OC)c(OC(F)F)c1)NCC1(CCOC)CCC1. The van der Waals surface area contributed by atoms with E-state index in [0.717, 1.165) is 25.1 Å². The van der Waals surface area contributed by atoms with E-state index >= 15 is 0 Å². The van der Waals surface area contributed by atoms with Gasteiger partial charge in [-0.1, -0.05) is 12.5 Å². The van der Waals surface area contributed by atoms with Crippen molar-refractivity contribution in [1.82, 2.24) is 10.6 Å². The van der Waals surface area contributed by atoms with Crippen LogP contribution in [0.2, 0.25) is 0 Å². The molecule has 0 radical (unpaired) electrons. The second kappa shape index (κ2) is 10.3. The number of rotatable bonds is 10. The monoisotopic (exact) mass is 385 g/mol. The van der Waals surface area contributed by atoms with E-state index in [4.69, 9.17) is 9.47 Å². The van der Waals surface area contributed by atoms with Crippen LogP contribution in [-0.2, 0) is 11.3 Å². The summed E-state index contributed by atoms with van der Waals surface area (Å²) in [5.41, 5.74) is 1.05. The number of alkyl halides is 2. The molecule has 1 saturated carbocycles. The van der Waals surface area contributed by atoms with Crippen LogP contribution in [0, 0.1) is 5.41 Å². The molecule has 0 saturated heterocycles. The average Bonchev–Trinajstić information content (AvgIpc) is 2.62. The zero-order chi connectivity index (χ0) is 19.7. The molecule has 8 heteroatoms. The lowest BCUT2D eigenvalue weighted by atomic mass is 9.67. The molecule has 0 aliphatic heterocycles. The van der Waals surface area contributed by atoms with Gasteiger partial charge in [0.25, 0.3) is 0 Å². The topological polar surface area (TPSA) is 64.1 Å². The predicted octanol–water partition coefficient (Wildman–Crippen LogP) is 3.17. The van der Waals surface area contributed by atoms with Crippen molar-refractivity contribution >= 4 is 5.96 Å². The molecule has 0 spiro atoms. The van der Waals surface area contributed by atoms with Gasteiger partial charge < -0.3 is 24.8 Å². The Bertz CT molecular complexity index is 622. The minimum atomic E-state index is -2.90. The number of nitrogens with zero attached hydrogens (tertiary/aromatic N) is 1. The lowest BCUT2D eigenvalue weighted by molar-refractivity contribution is -0.0512. The molecular formula is C19H29F2N3O3. The van der Waals surface area contributed by atoms with E-state index < -0.39 is 6.61 Å². The first kappa shape index (κ1) is 21.2. The van der Waals surface area contributed by atoms with Crippen LogP contribution in [0.1, 0.15) is 31.2 Å². The highest BCUT2D eigenvalue weighted by atomic mass is 19.3. The molecule has 2 N–H and O–H groups in total. The Labute approximate surface area is 159 Å². The summed E-state index contributed by atoms with van der Waals surface area (Å²) in [6, 6.07) is 4.94. The third kappa shape index (κ3) is 6.23. The van der Waals surface area contributed by atoms with Gasteiger partial charge in [-0.15, -0.1) is 0 Å². The Morgan fingerprint density at radius 2 is 2.00 bits per heavy atom. The summed E-state index contributed by atoms with van der Waals surface area (Å²) in [6.07, 6.45) is 4.65. The minimum Gasteiger partial charge on any atom is -0.493 e. The van der Waals surface area contributed by atoms with Crippen molar-refractivity contribution in [2.24, 2.45) is 10.4 Å². The highest BCUT2D eigenvalue weighted by Crippen LogP contribution is 2.43. The highest BCUT2D eigenvalue weighted by molar-refractivity contribution is 5.79. The van der Waals surface area contributed by atoms with E-state index in [1.807, 2.05) is 0 Å². The molecule has 0 amide bonds. The van der Waals surface area contributed by atoms with Gasteiger partial charge in [0.2, 0.25) is 0 Å². The Morgan fingerprint density at radius 1 is 1.22 bits per heavy atom. The minimum absolute atomic E-state index is 0.0164. The second-order valence-electron chi connectivity index (χ2n) is 6.74. The number of hydrogen-bond acceptors (Lipinski definition) is 4. The fourth-order valence-corrected chi connectivity index (χ4v) is 3.21. The largest absolute Gasteiger partial charge is 0.493 e. The number of hydrogen-bond donors (Lipinski definition) is 2. The molecule has 1 aromatic carbocycles. The quantitative estimate of drug-likeness (QED) is 0.478. The lowest BCUT2D eigenvalue weighted by Gasteiger charge is -2.42. The van der Waals surface area contributed by atoms with Gasteiger partial charge in [0.05, 0.1) is 7.11 Å². The number of benzene rings is 1. The Kier molecular flexibility index (Phi) is 8.09. The smallest absolute Gasteiger partial charge is 0.387 e. The Morgan fingerprint density at radius 3 is 2.56 bits per heavy atom. The van der Waals surface area contributed by atoms with Gasteiger partial charge in [-0.25, -0.2) is 0 Å². The normalized spacial score (nSPS) is 16.0. The zero-order valence-electron chi connectivity index (χ0n) is 16.2. The van der Waals surface area contributed by atoms with Crippen molar-refractivity contribution in [2.45, 2.75) is 38.8 Å². The van der Waals surface area contributed by atoms with Gasteiger partial charge in [-0.2, -0.15) is 8.78 Å². The lowest BCUT2D eigenvalue weighted by Crippen LogP contribution is -2.46. The first-order valence-electron chi connectivity index (χ1n) is 9.07. The summed E-state index contributed by atoms with van der Waals surface area (Å²) in [5.74, 6) is 0.959. The average molecular weight is 385 g/mol. The van der Waals surface area contributed by atoms with E-state index in [0.29, 0.717) is 12.5 Å². The maximum atomic E-state index is 12.5. The van der Waals surface area contributed by atoms with Crippen LogP contribution in [0.5, 0.6) is 11.5 Å². The number of methoxy groups -OCH3 is 2. The van der Waals surface area contributed by atoms with Crippen LogP contribution in [0.4, 0.5) is 8.78 Å². The molecule has 0 heterocycles. The summed E-state index contributed by atoms with van der Waals surface area (Å²) in [4.78, 5) is 4.24. The number of guanidine groups is 1. The van der Waals surface area contributed by atoms with E-state index in [-0.39, 0.29) is 16.9 Å². The number of aliphatic imine (C=N–C) groups is 1. The zero-order valence-corrected chi connectivity index (χ0v) is 16.2. The number of nitrogens with one attached hydrogen (secondary N) is 2. The first-order valence-corrected chi connectivity index (χ1v) is 9.07. The summed E-state index contributed by atoms with van der Waals surface area (Å²) in [7, 11) is 4.84. The molecule has 1 aliphatic rings. The van der Waals surface area contributed by atoms with Crippen LogP contribution in [0.25, 0.3) is 0 Å². The van der Waals surface area contributed by atoms with Crippen LogP contribution in [0.15, 0.2) is 23.2 Å². The van der Waals surface area contributed by atoms with Crippen molar-refractivity contribution < 1.29 is 23.0 Å². The van der Waals surface area contributed by atoms with Crippen LogP contribution >= 0.6 is 0 Å². The first-order chi connectivity index (χ1) is 13.0. The molecule has 0 aromatic heterocycles. The third-order valence-electron chi connectivity index (χ3n) is 5.01.